The molecule has 11 nitrogen and oxygen atoms in total. The number of esters is 1. The fourth-order valence-corrected chi connectivity index (χ4v) is 4.83. The third kappa shape index (κ3) is 7.58. The predicted molar refractivity (Wildman–Crippen MR) is 159 cm³/mol. The highest BCUT2D eigenvalue weighted by Gasteiger charge is 2.57. The number of nitrogens with one attached hydrogen (secondary N) is 2. The molecule has 47 heavy (non-hydrogen) atoms. The maximum absolute atomic E-state index is 14.7. The van der Waals surface area contributed by atoms with Crippen molar-refractivity contribution in [2.24, 2.45) is 0 Å². The standard InChI is InChI=1S/C32H35F4N3O8/c1-6-26(40)47-18(2)15-45-23-12-9-20(13-24(23)43-4)29(41)37-16-31(42,32(34,35)36)25-14-22-28(46-17-30(22,3)39-44-5)27(38-25)19-7-10-21(33)11-8-19/h7-14,18,39,42H,6,15-17H2,1-5H3,(H,37,41). The lowest BCUT2D eigenvalue weighted by Gasteiger charge is -2.32. The number of ether oxygens (including phenoxy) is 4. The van der Waals surface area contributed by atoms with Crippen molar-refractivity contribution in [1.82, 2.24) is 15.8 Å². The number of hydroxylamine groups is 1. The SMILES string of the molecule is CCC(=O)OC(C)COc1ccc(C(=O)NCC(O)(c2cc3c(c(-c4ccc(F)cc4)n2)OCC3(C)NOC)C(F)(F)F)cc1OC. The number of rotatable bonds is 13. The zero-order valence-electron chi connectivity index (χ0n) is 26.3. The summed E-state index contributed by atoms with van der Waals surface area (Å²) < 4.78 is 79.7. The summed E-state index contributed by atoms with van der Waals surface area (Å²) in [4.78, 5) is 33.8. The van der Waals surface area contributed by atoms with Crippen LogP contribution in [0.2, 0.25) is 0 Å². The summed E-state index contributed by atoms with van der Waals surface area (Å²) >= 11 is 0. The number of amides is 1. The van der Waals surface area contributed by atoms with E-state index in [4.69, 9.17) is 23.8 Å². The van der Waals surface area contributed by atoms with Crippen LogP contribution in [0, 0.1) is 5.82 Å². The van der Waals surface area contributed by atoms with Crippen LogP contribution >= 0.6 is 0 Å². The minimum Gasteiger partial charge on any atom is -0.493 e. The van der Waals surface area contributed by atoms with Gasteiger partial charge < -0.3 is 34.2 Å². The summed E-state index contributed by atoms with van der Waals surface area (Å²) in [5.74, 6) is -1.54. The van der Waals surface area contributed by atoms with E-state index in [-0.39, 0.29) is 59.3 Å². The normalized spacial score (nSPS) is 17.6. The molecular weight excluding hydrogens is 630 g/mol. The molecule has 2 heterocycles. The van der Waals surface area contributed by atoms with Gasteiger partial charge in [-0.15, -0.1) is 0 Å². The van der Waals surface area contributed by atoms with Crippen LogP contribution in [0.3, 0.4) is 0 Å². The minimum absolute atomic E-state index is 0.0239. The van der Waals surface area contributed by atoms with Crippen LogP contribution in [0.1, 0.15) is 48.8 Å². The van der Waals surface area contributed by atoms with Crippen LogP contribution in [0.25, 0.3) is 11.3 Å². The Labute approximate surface area is 268 Å². The average Bonchev–Trinajstić information content (AvgIpc) is 3.37. The Morgan fingerprint density at radius 2 is 1.81 bits per heavy atom. The van der Waals surface area contributed by atoms with E-state index in [1.54, 1.807) is 20.8 Å². The van der Waals surface area contributed by atoms with E-state index >= 15 is 0 Å². The van der Waals surface area contributed by atoms with Crippen molar-refractivity contribution >= 4 is 11.9 Å². The van der Waals surface area contributed by atoms with Crippen LogP contribution in [-0.2, 0) is 25.5 Å². The van der Waals surface area contributed by atoms with Crippen LogP contribution in [-0.4, -0.2) is 68.2 Å². The zero-order valence-corrected chi connectivity index (χ0v) is 26.3. The summed E-state index contributed by atoms with van der Waals surface area (Å²) in [7, 11) is 2.63. The van der Waals surface area contributed by atoms with Gasteiger partial charge in [0.05, 0.1) is 26.5 Å². The zero-order chi connectivity index (χ0) is 34.6. The van der Waals surface area contributed by atoms with Gasteiger partial charge in [0.1, 0.15) is 36.4 Å². The molecule has 0 spiro atoms. The van der Waals surface area contributed by atoms with Gasteiger partial charge in [-0.25, -0.2) is 9.37 Å². The van der Waals surface area contributed by atoms with Crippen LogP contribution in [0.4, 0.5) is 17.6 Å². The fourth-order valence-electron chi connectivity index (χ4n) is 4.83. The molecule has 3 unspecified atom stereocenters. The number of hydrogen-bond donors (Lipinski definition) is 3. The first-order valence-corrected chi connectivity index (χ1v) is 14.5. The lowest BCUT2D eigenvalue weighted by Crippen LogP contribution is -2.51. The number of halogens is 4. The Balaban J connectivity index is 1.64. The number of aliphatic hydroxyl groups is 1. The Morgan fingerprint density at radius 3 is 2.43 bits per heavy atom. The first-order valence-electron chi connectivity index (χ1n) is 14.5. The van der Waals surface area contributed by atoms with Crippen molar-refractivity contribution in [2.45, 2.75) is 50.6 Å². The van der Waals surface area contributed by atoms with Crippen molar-refractivity contribution in [3.8, 4) is 28.5 Å². The summed E-state index contributed by atoms with van der Waals surface area (Å²) in [5.41, 5.74) is -2.71. The molecule has 3 atom stereocenters. The Hall–Kier alpha value is -4.47. The van der Waals surface area contributed by atoms with Crippen molar-refractivity contribution in [3.05, 3.63) is 71.2 Å². The van der Waals surface area contributed by atoms with E-state index in [0.29, 0.717) is 0 Å². The molecule has 1 aromatic heterocycles. The van der Waals surface area contributed by atoms with Gasteiger partial charge in [-0.1, -0.05) is 6.92 Å². The number of nitrogens with zero attached hydrogens (tertiary/aromatic N) is 1. The van der Waals surface area contributed by atoms with Gasteiger partial charge in [-0.2, -0.15) is 18.7 Å². The highest BCUT2D eigenvalue weighted by Crippen LogP contribution is 2.47. The maximum atomic E-state index is 14.7. The topological polar surface area (TPSA) is 137 Å². The summed E-state index contributed by atoms with van der Waals surface area (Å²) in [6.45, 7) is 3.50. The highest BCUT2D eigenvalue weighted by atomic mass is 19.4. The van der Waals surface area contributed by atoms with Crippen LogP contribution < -0.4 is 25.0 Å². The van der Waals surface area contributed by atoms with E-state index < -0.39 is 53.4 Å². The molecule has 2 aromatic carbocycles. The third-order valence-corrected chi connectivity index (χ3v) is 7.44. The molecule has 3 aromatic rings. The van der Waals surface area contributed by atoms with E-state index in [1.165, 1.54) is 44.6 Å². The molecule has 0 aliphatic carbocycles. The Morgan fingerprint density at radius 1 is 1.11 bits per heavy atom. The number of carbonyl (C=O) groups excluding carboxylic acids is 2. The van der Waals surface area contributed by atoms with Crippen molar-refractivity contribution in [3.63, 3.8) is 0 Å². The third-order valence-electron chi connectivity index (χ3n) is 7.44. The molecule has 0 bridgehead atoms. The number of aromatic nitrogens is 1. The van der Waals surface area contributed by atoms with Gasteiger partial charge in [0.2, 0.25) is 5.60 Å². The van der Waals surface area contributed by atoms with Gasteiger partial charge in [0, 0.05) is 23.1 Å². The quantitative estimate of drug-likeness (QED) is 0.135. The molecule has 3 N–H and O–H groups in total. The highest BCUT2D eigenvalue weighted by molar-refractivity contribution is 5.95. The molecule has 1 amide bonds. The number of alkyl halides is 3. The lowest BCUT2D eigenvalue weighted by atomic mass is 9.89. The van der Waals surface area contributed by atoms with E-state index in [1.807, 2.05) is 0 Å². The Kier molecular flexibility index (Phi) is 10.6. The van der Waals surface area contributed by atoms with E-state index in [9.17, 15) is 32.3 Å². The monoisotopic (exact) mass is 665 g/mol. The molecule has 0 fully saturated rings. The van der Waals surface area contributed by atoms with Crippen LogP contribution in [0.15, 0.2) is 48.5 Å². The lowest BCUT2D eigenvalue weighted by molar-refractivity contribution is -0.265. The van der Waals surface area contributed by atoms with Gasteiger partial charge >= 0.3 is 12.1 Å². The number of fused-ring (bicyclic) bond motifs is 1. The second kappa shape index (κ2) is 14.1. The molecule has 1 aliphatic rings. The van der Waals surface area contributed by atoms with Crippen molar-refractivity contribution in [2.75, 3.05) is 34.0 Å². The van der Waals surface area contributed by atoms with E-state index in [2.05, 4.69) is 15.8 Å². The van der Waals surface area contributed by atoms with E-state index in [0.717, 1.165) is 18.2 Å². The largest absolute Gasteiger partial charge is 0.493 e. The number of carbonyl (C=O) groups is 2. The first-order chi connectivity index (χ1) is 22.2. The molecule has 4 rings (SSSR count). The van der Waals surface area contributed by atoms with Crippen molar-refractivity contribution in [1.29, 1.82) is 0 Å². The first kappa shape index (κ1) is 35.4. The Bertz CT molecular complexity index is 1600. The number of methoxy groups -OCH3 is 1. The molecule has 0 radical (unpaired) electrons. The predicted octanol–water partition coefficient (Wildman–Crippen LogP) is 4.56. The number of pyridine rings is 1. The summed E-state index contributed by atoms with van der Waals surface area (Å²) in [6.07, 6.45) is -5.71. The van der Waals surface area contributed by atoms with Gasteiger partial charge in [-0.05, 0) is 62.4 Å². The van der Waals surface area contributed by atoms with Gasteiger partial charge in [0.15, 0.2) is 17.2 Å². The van der Waals surface area contributed by atoms with Crippen molar-refractivity contribution < 1.29 is 56.0 Å². The fraction of sp³-hybridized carbons (Fsp3) is 0.406. The second-order valence-electron chi connectivity index (χ2n) is 11.0. The second-order valence-corrected chi connectivity index (χ2v) is 11.0. The van der Waals surface area contributed by atoms with Gasteiger partial charge in [0.25, 0.3) is 5.91 Å². The summed E-state index contributed by atoms with van der Waals surface area (Å²) in [6, 6.07) is 9.81. The molecule has 254 valence electrons. The molecule has 0 saturated carbocycles. The van der Waals surface area contributed by atoms with Gasteiger partial charge in [-0.3, -0.25) is 9.59 Å². The smallest absolute Gasteiger partial charge is 0.424 e. The number of benzene rings is 2. The summed E-state index contributed by atoms with van der Waals surface area (Å²) in [5, 5.41) is 13.4. The maximum Gasteiger partial charge on any atom is 0.424 e. The molecule has 1 aliphatic heterocycles. The molecular formula is C32H35F4N3O8. The number of hydrogen-bond acceptors (Lipinski definition) is 10. The average molecular weight is 666 g/mol. The minimum atomic E-state index is -5.32. The molecule has 0 saturated heterocycles. The van der Waals surface area contributed by atoms with Crippen LogP contribution in [0.5, 0.6) is 17.2 Å². The molecule has 15 heteroatoms.